The highest BCUT2D eigenvalue weighted by molar-refractivity contribution is 5.70. The molecule has 3 atom stereocenters. The summed E-state index contributed by atoms with van der Waals surface area (Å²) in [5, 5.41) is 13.0. The van der Waals surface area contributed by atoms with Gasteiger partial charge in [0.1, 0.15) is 0 Å². The molecule has 2 heterocycles. The lowest BCUT2D eigenvalue weighted by Crippen LogP contribution is -2.49. The minimum atomic E-state index is -0.661. The van der Waals surface area contributed by atoms with Crippen LogP contribution in [0.15, 0.2) is 30.3 Å². The summed E-state index contributed by atoms with van der Waals surface area (Å²) in [7, 11) is 0. The van der Waals surface area contributed by atoms with Crippen molar-refractivity contribution < 1.29 is 9.90 Å². The molecule has 1 aromatic rings. The SMILES string of the molecule is CC(C)CC(CNC1CC2CCC(C1)N2Cc1ccccc1)C(=O)O. The van der Waals surface area contributed by atoms with Crippen molar-refractivity contribution in [3.8, 4) is 0 Å². The van der Waals surface area contributed by atoms with Gasteiger partial charge < -0.3 is 10.4 Å². The van der Waals surface area contributed by atoms with Gasteiger partial charge in [0.2, 0.25) is 0 Å². The number of fused-ring (bicyclic) bond motifs is 2. The molecule has 2 aliphatic rings. The summed E-state index contributed by atoms with van der Waals surface area (Å²) in [6, 6.07) is 12.5. The van der Waals surface area contributed by atoms with E-state index < -0.39 is 5.97 Å². The number of carboxylic acids is 1. The minimum absolute atomic E-state index is 0.264. The molecule has 2 aliphatic heterocycles. The van der Waals surface area contributed by atoms with Crippen LogP contribution in [-0.4, -0.2) is 40.6 Å². The van der Waals surface area contributed by atoms with Gasteiger partial charge in [0.25, 0.3) is 0 Å². The summed E-state index contributed by atoms with van der Waals surface area (Å²) in [5.74, 6) is -0.502. The molecule has 3 unspecified atom stereocenters. The van der Waals surface area contributed by atoms with E-state index in [2.05, 4.69) is 54.4 Å². The summed E-state index contributed by atoms with van der Waals surface area (Å²) in [6.07, 6.45) is 5.62. The van der Waals surface area contributed by atoms with Crippen LogP contribution in [0.4, 0.5) is 0 Å². The molecule has 3 rings (SSSR count). The molecule has 4 heteroatoms. The van der Waals surface area contributed by atoms with E-state index in [4.69, 9.17) is 0 Å². The lowest BCUT2D eigenvalue weighted by molar-refractivity contribution is -0.142. The number of carboxylic acid groups (broad SMARTS) is 1. The molecule has 4 nitrogen and oxygen atoms in total. The van der Waals surface area contributed by atoms with Crippen LogP contribution in [0.3, 0.4) is 0 Å². The van der Waals surface area contributed by atoms with Crippen molar-refractivity contribution in [3.05, 3.63) is 35.9 Å². The van der Waals surface area contributed by atoms with Gasteiger partial charge in [-0.3, -0.25) is 9.69 Å². The molecule has 0 spiro atoms. The number of hydrogen-bond donors (Lipinski definition) is 2. The highest BCUT2D eigenvalue weighted by Crippen LogP contribution is 2.36. The lowest BCUT2D eigenvalue weighted by atomic mass is 9.94. The average Bonchev–Trinajstić information content (AvgIpc) is 2.81. The number of nitrogens with one attached hydrogen (secondary N) is 1. The van der Waals surface area contributed by atoms with Crippen molar-refractivity contribution in [2.75, 3.05) is 6.54 Å². The first kappa shape index (κ1) is 18.4. The van der Waals surface area contributed by atoms with Gasteiger partial charge in [-0.15, -0.1) is 0 Å². The maximum absolute atomic E-state index is 11.5. The minimum Gasteiger partial charge on any atom is -0.481 e. The molecule has 0 amide bonds. The largest absolute Gasteiger partial charge is 0.481 e. The zero-order chi connectivity index (χ0) is 17.8. The second-order valence-electron chi connectivity index (χ2n) is 8.28. The van der Waals surface area contributed by atoms with Crippen molar-refractivity contribution in [1.29, 1.82) is 0 Å². The number of nitrogens with zero attached hydrogens (tertiary/aromatic N) is 1. The van der Waals surface area contributed by atoms with E-state index in [1.807, 2.05) is 0 Å². The van der Waals surface area contributed by atoms with Gasteiger partial charge in [0, 0.05) is 31.2 Å². The Balaban J connectivity index is 1.52. The Hall–Kier alpha value is -1.39. The van der Waals surface area contributed by atoms with Crippen molar-refractivity contribution in [1.82, 2.24) is 10.2 Å². The van der Waals surface area contributed by atoms with Gasteiger partial charge >= 0.3 is 5.97 Å². The third kappa shape index (κ3) is 4.83. The van der Waals surface area contributed by atoms with Crippen LogP contribution in [0, 0.1) is 11.8 Å². The van der Waals surface area contributed by atoms with Gasteiger partial charge in [-0.25, -0.2) is 0 Å². The Morgan fingerprint density at radius 2 is 1.84 bits per heavy atom. The Morgan fingerprint density at radius 3 is 2.40 bits per heavy atom. The number of carbonyl (C=O) groups is 1. The van der Waals surface area contributed by atoms with E-state index in [1.54, 1.807) is 0 Å². The third-order valence-electron chi connectivity index (χ3n) is 5.85. The normalized spacial score (nSPS) is 27.6. The predicted octanol–water partition coefficient (Wildman–Crippen LogP) is 3.52. The Kier molecular flexibility index (Phi) is 6.13. The summed E-state index contributed by atoms with van der Waals surface area (Å²) in [5.41, 5.74) is 1.40. The standard InChI is InChI=1S/C21H32N2O2/c1-15(2)10-17(21(24)25)13-22-18-11-19-8-9-20(12-18)23(19)14-16-6-4-3-5-7-16/h3-7,15,17-20,22H,8-14H2,1-2H3,(H,24,25). The molecular formula is C21H32N2O2. The first-order valence-corrected chi connectivity index (χ1v) is 9.78. The summed E-state index contributed by atoms with van der Waals surface area (Å²) >= 11 is 0. The molecule has 0 radical (unpaired) electrons. The van der Waals surface area contributed by atoms with E-state index >= 15 is 0 Å². The van der Waals surface area contributed by atoms with Gasteiger partial charge in [0.05, 0.1) is 5.92 Å². The molecule has 2 N–H and O–H groups in total. The van der Waals surface area contributed by atoms with Gasteiger partial charge in [-0.05, 0) is 43.6 Å². The van der Waals surface area contributed by atoms with E-state index in [1.165, 1.54) is 18.4 Å². The lowest BCUT2D eigenvalue weighted by Gasteiger charge is -2.39. The molecule has 0 aliphatic carbocycles. The smallest absolute Gasteiger partial charge is 0.307 e. The molecule has 2 saturated heterocycles. The van der Waals surface area contributed by atoms with E-state index in [9.17, 15) is 9.90 Å². The van der Waals surface area contributed by atoms with Crippen molar-refractivity contribution in [2.45, 2.75) is 70.6 Å². The first-order valence-electron chi connectivity index (χ1n) is 9.78. The Morgan fingerprint density at radius 1 is 1.20 bits per heavy atom. The highest BCUT2D eigenvalue weighted by atomic mass is 16.4. The quantitative estimate of drug-likeness (QED) is 0.758. The maximum Gasteiger partial charge on any atom is 0.307 e. The topological polar surface area (TPSA) is 52.6 Å². The monoisotopic (exact) mass is 344 g/mol. The maximum atomic E-state index is 11.5. The number of piperidine rings is 1. The second kappa shape index (κ2) is 8.33. The zero-order valence-electron chi connectivity index (χ0n) is 15.5. The number of aliphatic carboxylic acids is 1. The van der Waals surface area contributed by atoms with Crippen LogP contribution in [-0.2, 0) is 11.3 Å². The molecule has 0 aromatic heterocycles. The van der Waals surface area contributed by atoms with Crippen molar-refractivity contribution in [3.63, 3.8) is 0 Å². The van der Waals surface area contributed by atoms with Crippen LogP contribution in [0.1, 0.15) is 51.5 Å². The number of hydrogen-bond acceptors (Lipinski definition) is 3. The second-order valence-corrected chi connectivity index (χ2v) is 8.28. The van der Waals surface area contributed by atoms with E-state index in [0.29, 0.717) is 30.6 Å². The fourth-order valence-electron chi connectivity index (χ4n) is 4.64. The van der Waals surface area contributed by atoms with Crippen LogP contribution in [0.2, 0.25) is 0 Å². The molecule has 25 heavy (non-hydrogen) atoms. The summed E-state index contributed by atoms with van der Waals surface area (Å²) in [4.78, 5) is 14.1. The van der Waals surface area contributed by atoms with E-state index in [0.717, 1.165) is 25.8 Å². The Bertz CT molecular complexity index is 546. The van der Waals surface area contributed by atoms with Crippen LogP contribution in [0.5, 0.6) is 0 Å². The summed E-state index contributed by atoms with van der Waals surface area (Å²) < 4.78 is 0. The average molecular weight is 344 g/mol. The molecular weight excluding hydrogens is 312 g/mol. The van der Waals surface area contributed by atoms with Crippen molar-refractivity contribution >= 4 is 5.97 Å². The predicted molar refractivity (Wildman–Crippen MR) is 100 cm³/mol. The van der Waals surface area contributed by atoms with Gasteiger partial charge in [-0.1, -0.05) is 44.2 Å². The molecule has 0 saturated carbocycles. The van der Waals surface area contributed by atoms with Crippen LogP contribution in [0.25, 0.3) is 0 Å². The highest BCUT2D eigenvalue weighted by Gasteiger charge is 2.40. The molecule has 2 bridgehead atoms. The first-order chi connectivity index (χ1) is 12.0. The Labute approximate surface area is 151 Å². The van der Waals surface area contributed by atoms with Crippen LogP contribution < -0.4 is 5.32 Å². The van der Waals surface area contributed by atoms with Gasteiger partial charge in [-0.2, -0.15) is 0 Å². The van der Waals surface area contributed by atoms with Gasteiger partial charge in [0.15, 0.2) is 0 Å². The molecule has 2 fully saturated rings. The molecule has 138 valence electrons. The fraction of sp³-hybridized carbons (Fsp3) is 0.667. The fourth-order valence-corrected chi connectivity index (χ4v) is 4.64. The number of rotatable bonds is 8. The third-order valence-corrected chi connectivity index (χ3v) is 5.85. The van der Waals surface area contributed by atoms with E-state index in [-0.39, 0.29) is 5.92 Å². The summed E-state index contributed by atoms with van der Waals surface area (Å²) in [6.45, 7) is 5.85. The number of benzene rings is 1. The molecule has 1 aromatic carbocycles. The van der Waals surface area contributed by atoms with Crippen LogP contribution >= 0.6 is 0 Å². The van der Waals surface area contributed by atoms with Crippen molar-refractivity contribution in [2.24, 2.45) is 11.8 Å². The zero-order valence-corrected chi connectivity index (χ0v) is 15.5.